The van der Waals surface area contributed by atoms with Gasteiger partial charge in [-0.2, -0.15) is 0 Å². The van der Waals surface area contributed by atoms with Crippen LogP contribution in [0.25, 0.3) is 5.57 Å². The number of rotatable bonds is 9. The normalized spacial score (nSPS) is 22.1. The molecule has 5 heteroatoms. The highest BCUT2D eigenvalue weighted by molar-refractivity contribution is 8.25. The minimum absolute atomic E-state index is 0.0162. The molecule has 0 fully saturated rings. The number of aliphatic hydroxyl groups is 1. The third-order valence-corrected chi connectivity index (χ3v) is 8.18. The lowest BCUT2D eigenvalue weighted by Gasteiger charge is -2.34. The first-order valence-corrected chi connectivity index (χ1v) is 13.8. The van der Waals surface area contributed by atoms with E-state index in [1.807, 2.05) is 24.3 Å². The van der Waals surface area contributed by atoms with Crippen molar-refractivity contribution < 1.29 is 14.6 Å². The molecule has 4 unspecified atom stereocenters. The molecule has 0 saturated heterocycles. The number of carbonyl (C=O) groups excluding carboxylic acids is 1. The first-order valence-electron chi connectivity index (χ1n) is 12.6. The largest absolute Gasteiger partial charge is 0.491 e. The van der Waals surface area contributed by atoms with Crippen molar-refractivity contribution in [2.45, 2.75) is 72.2 Å². The minimum Gasteiger partial charge on any atom is -0.491 e. The summed E-state index contributed by atoms with van der Waals surface area (Å²) in [5.41, 5.74) is 2.27. The molecule has 1 aliphatic carbocycles. The van der Waals surface area contributed by atoms with Crippen molar-refractivity contribution in [3.8, 4) is 0 Å². The Balaban J connectivity index is 1.52. The predicted octanol–water partition coefficient (Wildman–Crippen LogP) is 7.41. The van der Waals surface area contributed by atoms with Crippen LogP contribution in [-0.4, -0.2) is 33.0 Å². The second-order valence-corrected chi connectivity index (χ2v) is 13.8. The van der Waals surface area contributed by atoms with Crippen LogP contribution in [0.1, 0.15) is 66.4 Å². The molecule has 3 rings (SSSR count). The molecule has 0 aromatic heterocycles. The average molecular weight is 513 g/mol. The Labute approximate surface area is 221 Å². The Morgan fingerprint density at radius 3 is 2.43 bits per heavy atom. The molecule has 0 bridgehead atoms. The number of fused-ring (bicyclic) bond motifs is 1. The fourth-order valence-electron chi connectivity index (χ4n) is 4.56. The standard InChI is InChI=1S/C30H40O3S2/c1-29(2,3)18-25(30(4,5)6)26(32)15-13-22(31)19-33-23-14-12-21-16-24(20-10-8-7-9-11-20)28(34)35-27(21)17-23/h7-12,14,16-17,21-22,25,27,31H,13,15,18-19H2,1-6H3. The zero-order valence-electron chi connectivity index (χ0n) is 21.9. The number of benzene rings is 1. The molecule has 1 aromatic carbocycles. The van der Waals surface area contributed by atoms with Gasteiger partial charge >= 0.3 is 0 Å². The smallest absolute Gasteiger partial charge is 0.136 e. The maximum absolute atomic E-state index is 13.0. The Hall–Kier alpha value is -1.69. The average Bonchev–Trinajstić information content (AvgIpc) is 2.78. The highest BCUT2D eigenvalue weighted by atomic mass is 32.2. The van der Waals surface area contributed by atoms with Crippen molar-refractivity contribution in [3.63, 3.8) is 0 Å². The molecule has 0 amide bonds. The van der Waals surface area contributed by atoms with Crippen LogP contribution < -0.4 is 0 Å². The summed E-state index contributed by atoms with van der Waals surface area (Å²) in [7, 11) is 0. The molecular weight excluding hydrogens is 472 g/mol. The maximum Gasteiger partial charge on any atom is 0.136 e. The first kappa shape index (κ1) is 27.9. The third-order valence-electron chi connectivity index (χ3n) is 6.51. The first-order chi connectivity index (χ1) is 16.3. The summed E-state index contributed by atoms with van der Waals surface area (Å²) in [6.45, 7) is 13.1. The Kier molecular flexibility index (Phi) is 9.22. The number of aliphatic hydroxyl groups excluding tert-OH is 1. The molecule has 1 aliphatic heterocycles. The summed E-state index contributed by atoms with van der Waals surface area (Å²) < 4.78 is 6.81. The number of ether oxygens (including phenoxy) is 1. The van der Waals surface area contributed by atoms with Gasteiger partial charge in [-0.05, 0) is 41.4 Å². The van der Waals surface area contributed by atoms with Crippen LogP contribution in [0.2, 0.25) is 0 Å². The lowest BCUT2D eigenvalue weighted by atomic mass is 9.69. The number of thioether (sulfide) groups is 1. The summed E-state index contributed by atoms with van der Waals surface area (Å²) in [6, 6.07) is 10.3. The fourth-order valence-corrected chi connectivity index (χ4v) is 6.16. The number of Topliss-reactive ketones (excluding diaryl/α,β-unsaturated/α-hetero) is 1. The number of ketones is 1. The lowest BCUT2D eigenvalue weighted by molar-refractivity contribution is -0.128. The Morgan fingerprint density at radius 1 is 1.11 bits per heavy atom. The zero-order valence-corrected chi connectivity index (χ0v) is 23.5. The van der Waals surface area contributed by atoms with Gasteiger partial charge < -0.3 is 9.84 Å². The van der Waals surface area contributed by atoms with Crippen molar-refractivity contribution >= 4 is 39.5 Å². The summed E-state index contributed by atoms with van der Waals surface area (Å²) in [5, 5.41) is 10.7. The summed E-state index contributed by atoms with van der Waals surface area (Å²) in [4.78, 5) is 13.0. The highest BCUT2D eigenvalue weighted by Gasteiger charge is 2.34. The molecule has 3 nitrogen and oxygen atoms in total. The van der Waals surface area contributed by atoms with Gasteiger partial charge in [-0.1, -0.05) is 96.2 Å². The predicted molar refractivity (Wildman–Crippen MR) is 152 cm³/mol. The van der Waals surface area contributed by atoms with Gasteiger partial charge in [0.25, 0.3) is 0 Å². The van der Waals surface area contributed by atoms with Crippen LogP contribution >= 0.6 is 24.0 Å². The summed E-state index contributed by atoms with van der Waals surface area (Å²) in [5.74, 6) is 1.23. The van der Waals surface area contributed by atoms with E-state index in [1.165, 1.54) is 0 Å². The van der Waals surface area contributed by atoms with Gasteiger partial charge in [-0.3, -0.25) is 4.79 Å². The third kappa shape index (κ3) is 8.16. The van der Waals surface area contributed by atoms with Crippen LogP contribution in [0.4, 0.5) is 0 Å². The molecule has 0 radical (unpaired) electrons. The van der Waals surface area contributed by atoms with Crippen molar-refractivity contribution in [1.82, 2.24) is 0 Å². The van der Waals surface area contributed by atoms with E-state index in [4.69, 9.17) is 17.0 Å². The number of hydrogen-bond donors (Lipinski definition) is 1. The second kappa shape index (κ2) is 11.6. The van der Waals surface area contributed by atoms with Gasteiger partial charge in [0.2, 0.25) is 0 Å². The van der Waals surface area contributed by atoms with Crippen LogP contribution in [0.15, 0.2) is 60.4 Å². The molecule has 35 heavy (non-hydrogen) atoms. The molecule has 4 atom stereocenters. The molecule has 0 spiro atoms. The van der Waals surface area contributed by atoms with Crippen LogP contribution in [0.3, 0.4) is 0 Å². The van der Waals surface area contributed by atoms with E-state index >= 15 is 0 Å². The topological polar surface area (TPSA) is 46.5 Å². The molecular formula is C30H40O3S2. The van der Waals surface area contributed by atoms with Gasteiger partial charge in [0.15, 0.2) is 0 Å². The van der Waals surface area contributed by atoms with Crippen molar-refractivity contribution in [2.24, 2.45) is 22.7 Å². The maximum atomic E-state index is 13.0. The molecule has 2 aliphatic rings. The van der Waals surface area contributed by atoms with E-state index in [0.29, 0.717) is 12.8 Å². The van der Waals surface area contributed by atoms with Crippen molar-refractivity contribution in [2.75, 3.05) is 6.61 Å². The van der Waals surface area contributed by atoms with E-state index in [0.717, 1.165) is 27.5 Å². The van der Waals surface area contributed by atoms with Gasteiger partial charge in [-0.25, -0.2) is 0 Å². The summed E-state index contributed by atoms with van der Waals surface area (Å²) in [6.07, 6.45) is 9.43. The Bertz CT molecular complexity index is 993. The fraction of sp³-hybridized carbons (Fsp3) is 0.533. The lowest BCUT2D eigenvalue weighted by Crippen LogP contribution is -2.33. The molecule has 1 N–H and O–H groups in total. The SMILES string of the molecule is CC(C)(C)CC(C(=O)CCC(O)COC1=CC2SC(=S)C(c3ccccc3)=CC2C=C1)C(C)(C)C. The van der Waals surface area contributed by atoms with Crippen molar-refractivity contribution in [1.29, 1.82) is 0 Å². The van der Waals surface area contributed by atoms with Crippen LogP contribution in [0, 0.1) is 22.7 Å². The molecule has 1 heterocycles. The number of hydrogen-bond acceptors (Lipinski definition) is 5. The quantitative estimate of drug-likeness (QED) is 0.349. The van der Waals surface area contributed by atoms with Gasteiger partial charge in [0, 0.05) is 29.1 Å². The zero-order chi connectivity index (χ0) is 25.8. The monoisotopic (exact) mass is 512 g/mol. The van der Waals surface area contributed by atoms with E-state index in [1.54, 1.807) is 11.8 Å². The van der Waals surface area contributed by atoms with E-state index in [-0.39, 0.29) is 40.3 Å². The van der Waals surface area contributed by atoms with Gasteiger partial charge in [0.1, 0.15) is 18.1 Å². The molecule has 1 aromatic rings. The highest BCUT2D eigenvalue weighted by Crippen LogP contribution is 2.40. The number of thiocarbonyl (C=S) groups is 1. The Morgan fingerprint density at radius 2 is 1.80 bits per heavy atom. The van der Waals surface area contributed by atoms with E-state index in [9.17, 15) is 9.90 Å². The van der Waals surface area contributed by atoms with E-state index < -0.39 is 6.10 Å². The van der Waals surface area contributed by atoms with Crippen LogP contribution in [0.5, 0.6) is 0 Å². The van der Waals surface area contributed by atoms with E-state index in [2.05, 4.69) is 71.9 Å². The van der Waals surface area contributed by atoms with Gasteiger partial charge in [0.05, 0.1) is 10.3 Å². The van der Waals surface area contributed by atoms with Crippen LogP contribution in [-0.2, 0) is 9.53 Å². The molecule has 190 valence electrons. The van der Waals surface area contributed by atoms with Gasteiger partial charge in [-0.15, -0.1) is 11.8 Å². The number of carbonyl (C=O) groups is 1. The second-order valence-electron chi connectivity index (χ2n) is 12.0. The minimum atomic E-state index is -0.675. The molecule has 0 saturated carbocycles. The van der Waals surface area contributed by atoms with Crippen molar-refractivity contribution in [3.05, 3.63) is 66.0 Å². The summed E-state index contributed by atoms with van der Waals surface area (Å²) >= 11 is 7.37. The number of allylic oxidation sites excluding steroid dienone is 3.